The van der Waals surface area contributed by atoms with E-state index in [-0.39, 0.29) is 5.82 Å². The van der Waals surface area contributed by atoms with Crippen LogP contribution < -0.4 is 0 Å². The number of halogens is 2. The first-order chi connectivity index (χ1) is 8.19. The van der Waals surface area contributed by atoms with Gasteiger partial charge in [0.2, 0.25) is 0 Å². The van der Waals surface area contributed by atoms with E-state index in [1.807, 2.05) is 6.07 Å². The maximum atomic E-state index is 13.3. The fourth-order valence-electron chi connectivity index (χ4n) is 2.21. The molecule has 0 bridgehead atoms. The third kappa shape index (κ3) is 3.50. The Morgan fingerprint density at radius 3 is 3.00 bits per heavy atom. The van der Waals surface area contributed by atoms with Crippen molar-refractivity contribution in [3.63, 3.8) is 0 Å². The highest BCUT2D eigenvalue weighted by Gasteiger charge is 2.21. The molecule has 1 unspecified atom stereocenters. The molecule has 2 nitrogen and oxygen atoms in total. The van der Waals surface area contributed by atoms with Crippen LogP contribution >= 0.6 is 15.9 Å². The van der Waals surface area contributed by atoms with Crippen molar-refractivity contribution in [1.82, 2.24) is 4.90 Å². The minimum Gasteiger partial charge on any atom is -0.378 e. The zero-order valence-corrected chi connectivity index (χ0v) is 11.5. The summed E-state index contributed by atoms with van der Waals surface area (Å²) >= 11 is 3.33. The molecule has 2 rings (SSSR count). The molecule has 0 amide bonds. The Bertz CT molecular complexity index is 365. The molecule has 1 aliphatic rings. The van der Waals surface area contributed by atoms with Gasteiger partial charge in [0.05, 0.1) is 13.2 Å². The lowest BCUT2D eigenvalue weighted by atomic mass is 10.1. The lowest BCUT2D eigenvalue weighted by molar-refractivity contribution is -0.0127. The number of hydrogen-bond donors (Lipinski definition) is 0. The second-order valence-electron chi connectivity index (χ2n) is 4.39. The molecule has 0 aromatic heterocycles. The van der Waals surface area contributed by atoms with Crippen LogP contribution in [0.2, 0.25) is 0 Å². The zero-order valence-electron chi connectivity index (χ0n) is 9.96. The van der Waals surface area contributed by atoms with Gasteiger partial charge in [-0.15, -0.1) is 0 Å². The summed E-state index contributed by atoms with van der Waals surface area (Å²) < 4.78 is 19.6. The molecular weight excluding hydrogens is 285 g/mol. The van der Waals surface area contributed by atoms with Crippen LogP contribution in [-0.4, -0.2) is 30.7 Å². The zero-order chi connectivity index (χ0) is 12.3. The van der Waals surface area contributed by atoms with Gasteiger partial charge in [0.25, 0.3) is 0 Å². The van der Waals surface area contributed by atoms with Crippen LogP contribution in [0.1, 0.15) is 18.9 Å². The quantitative estimate of drug-likeness (QED) is 0.850. The fourth-order valence-corrected chi connectivity index (χ4v) is 2.72. The van der Waals surface area contributed by atoms with Crippen molar-refractivity contribution < 1.29 is 9.13 Å². The Labute approximate surface area is 110 Å². The first-order valence-corrected chi connectivity index (χ1v) is 6.75. The molecule has 1 atom stereocenters. The van der Waals surface area contributed by atoms with Gasteiger partial charge in [0.1, 0.15) is 5.82 Å². The number of rotatable bonds is 3. The van der Waals surface area contributed by atoms with Gasteiger partial charge in [-0.3, -0.25) is 4.90 Å². The molecule has 17 heavy (non-hydrogen) atoms. The summed E-state index contributed by atoms with van der Waals surface area (Å²) in [4.78, 5) is 2.37. The normalized spacial score (nSPS) is 21.7. The minimum atomic E-state index is -0.185. The van der Waals surface area contributed by atoms with E-state index >= 15 is 0 Å². The molecule has 0 N–H and O–H groups in total. The van der Waals surface area contributed by atoms with E-state index in [1.165, 1.54) is 6.07 Å². The standard InChI is InChI=1S/C13H17BrFNO/c1-2-13-9-17-4-3-16(13)8-10-5-11(14)7-12(15)6-10/h5-7,13H,2-4,8-9H2,1H3. The van der Waals surface area contributed by atoms with Crippen molar-refractivity contribution in [2.75, 3.05) is 19.8 Å². The van der Waals surface area contributed by atoms with E-state index in [9.17, 15) is 4.39 Å². The third-order valence-electron chi connectivity index (χ3n) is 3.13. The Morgan fingerprint density at radius 2 is 2.29 bits per heavy atom. The molecule has 0 aliphatic carbocycles. The number of ether oxygens (including phenoxy) is 1. The number of hydrogen-bond acceptors (Lipinski definition) is 2. The number of morpholine rings is 1. The Kier molecular flexibility index (Phi) is 4.54. The fraction of sp³-hybridized carbons (Fsp3) is 0.538. The van der Waals surface area contributed by atoms with E-state index in [0.29, 0.717) is 6.04 Å². The molecular formula is C13H17BrFNO. The van der Waals surface area contributed by atoms with Crippen molar-refractivity contribution in [2.45, 2.75) is 25.9 Å². The van der Waals surface area contributed by atoms with Crippen LogP contribution in [-0.2, 0) is 11.3 Å². The number of benzene rings is 1. The molecule has 1 aromatic carbocycles. The summed E-state index contributed by atoms with van der Waals surface area (Å²) in [5.41, 5.74) is 1.01. The second-order valence-corrected chi connectivity index (χ2v) is 5.30. The first kappa shape index (κ1) is 13.0. The van der Waals surface area contributed by atoms with Gasteiger partial charge in [0, 0.05) is 23.6 Å². The van der Waals surface area contributed by atoms with Crippen LogP contribution in [0.4, 0.5) is 4.39 Å². The van der Waals surface area contributed by atoms with E-state index in [2.05, 4.69) is 27.8 Å². The van der Waals surface area contributed by atoms with E-state index in [4.69, 9.17) is 4.74 Å². The summed E-state index contributed by atoms with van der Waals surface area (Å²) in [6.45, 7) is 5.43. The highest BCUT2D eigenvalue weighted by Crippen LogP contribution is 2.19. The SMILES string of the molecule is CCC1COCCN1Cc1cc(F)cc(Br)c1. The molecule has 0 saturated carbocycles. The first-order valence-electron chi connectivity index (χ1n) is 5.96. The van der Waals surface area contributed by atoms with Crippen LogP contribution in [0.15, 0.2) is 22.7 Å². The maximum absolute atomic E-state index is 13.3. The van der Waals surface area contributed by atoms with E-state index < -0.39 is 0 Å². The predicted octanol–water partition coefficient (Wildman–Crippen LogP) is 3.20. The van der Waals surface area contributed by atoms with Gasteiger partial charge in [0.15, 0.2) is 0 Å². The Hall–Kier alpha value is -0.450. The van der Waals surface area contributed by atoms with Gasteiger partial charge in [-0.1, -0.05) is 22.9 Å². The van der Waals surface area contributed by atoms with Crippen LogP contribution in [0.3, 0.4) is 0 Å². The number of nitrogens with zero attached hydrogens (tertiary/aromatic N) is 1. The summed E-state index contributed by atoms with van der Waals surface area (Å²) in [6.07, 6.45) is 1.07. The second kappa shape index (κ2) is 5.94. The molecule has 4 heteroatoms. The van der Waals surface area contributed by atoms with Crippen molar-refractivity contribution in [3.8, 4) is 0 Å². The minimum absolute atomic E-state index is 0.185. The predicted molar refractivity (Wildman–Crippen MR) is 69.4 cm³/mol. The molecule has 94 valence electrons. The van der Waals surface area contributed by atoms with Gasteiger partial charge in [-0.05, 0) is 30.2 Å². The third-order valence-corrected chi connectivity index (χ3v) is 3.59. The largest absolute Gasteiger partial charge is 0.378 e. The van der Waals surface area contributed by atoms with Gasteiger partial charge in [-0.25, -0.2) is 4.39 Å². The average molecular weight is 302 g/mol. The Morgan fingerprint density at radius 1 is 1.47 bits per heavy atom. The van der Waals surface area contributed by atoms with Crippen molar-refractivity contribution in [2.24, 2.45) is 0 Å². The molecule has 0 spiro atoms. The highest BCUT2D eigenvalue weighted by molar-refractivity contribution is 9.10. The molecule has 1 fully saturated rings. The van der Waals surface area contributed by atoms with Gasteiger partial charge >= 0.3 is 0 Å². The van der Waals surface area contributed by atoms with Crippen molar-refractivity contribution in [3.05, 3.63) is 34.1 Å². The smallest absolute Gasteiger partial charge is 0.124 e. The maximum Gasteiger partial charge on any atom is 0.124 e. The highest BCUT2D eigenvalue weighted by atomic mass is 79.9. The van der Waals surface area contributed by atoms with Gasteiger partial charge < -0.3 is 4.74 Å². The van der Waals surface area contributed by atoms with Crippen LogP contribution in [0.25, 0.3) is 0 Å². The summed E-state index contributed by atoms with van der Waals surface area (Å²) in [5, 5.41) is 0. The van der Waals surface area contributed by atoms with Crippen molar-refractivity contribution >= 4 is 15.9 Å². The van der Waals surface area contributed by atoms with E-state index in [0.717, 1.165) is 42.8 Å². The molecule has 1 aromatic rings. The lowest BCUT2D eigenvalue weighted by Crippen LogP contribution is -2.44. The van der Waals surface area contributed by atoms with Crippen LogP contribution in [0, 0.1) is 5.82 Å². The molecule has 0 radical (unpaired) electrons. The van der Waals surface area contributed by atoms with Crippen molar-refractivity contribution in [1.29, 1.82) is 0 Å². The Balaban J connectivity index is 2.08. The lowest BCUT2D eigenvalue weighted by Gasteiger charge is -2.35. The summed E-state index contributed by atoms with van der Waals surface area (Å²) in [5.74, 6) is -0.185. The van der Waals surface area contributed by atoms with Gasteiger partial charge in [-0.2, -0.15) is 0 Å². The summed E-state index contributed by atoms with van der Waals surface area (Å²) in [6, 6.07) is 5.52. The molecule has 1 aliphatic heterocycles. The summed E-state index contributed by atoms with van der Waals surface area (Å²) in [7, 11) is 0. The van der Waals surface area contributed by atoms with Crippen LogP contribution in [0.5, 0.6) is 0 Å². The monoisotopic (exact) mass is 301 g/mol. The average Bonchev–Trinajstić information content (AvgIpc) is 2.28. The van der Waals surface area contributed by atoms with E-state index in [1.54, 1.807) is 6.07 Å². The molecule has 1 heterocycles. The molecule has 1 saturated heterocycles. The topological polar surface area (TPSA) is 12.5 Å².